The van der Waals surface area contributed by atoms with Crippen LogP contribution >= 0.6 is 24.0 Å². The lowest BCUT2D eigenvalue weighted by atomic mass is 9.99. The Bertz CT molecular complexity index is 562. The van der Waals surface area contributed by atoms with E-state index < -0.39 is 0 Å². The summed E-state index contributed by atoms with van der Waals surface area (Å²) < 4.78 is 18.6. The van der Waals surface area contributed by atoms with E-state index in [1.807, 2.05) is 6.07 Å². The van der Waals surface area contributed by atoms with Gasteiger partial charge < -0.3 is 20.3 Å². The summed E-state index contributed by atoms with van der Waals surface area (Å²) >= 11 is 0. The number of nitrogens with zero attached hydrogens (tertiary/aromatic N) is 2. The van der Waals surface area contributed by atoms with Crippen LogP contribution in [0.4, 0.5) is 4.39 Å². The molecule has 1 aromatic carbocycles. The van der Waals surface area contributed by atoms with Crippen LogP contribution in [0.15, 0.2) is 23.2 Å². The van der Waals surface area contributed by atoms with Crippen LogP contribution in [0.25, 0.3) is 0 Å². The Kier molecular flexibility index (Phi) is 10.9. The number of methoxy groups -OCH3 is 1. The van der Waals surface area contributed by atoms with E-state index in [-0.39, 0.29) is 35.5 Å². The molecule has 1 aliphatic rings. The van der Waals surface area contributed by atoms with E-state index in [1.54, 1.807) is 13.1 Å². The van der Waals surface area contributed by atoms with Crippen LogP contribution in [0.2, 0.25) is 0 Å². The molecule has 0 aliphatic carbocycles. The zero-order chi connectivity index (χ0) is 18.1. The van der Waals surface area contributed by atoms with Crippen molar-refractivity contribution in [3.05, 3.63) is 29.6 Å². The normalized spacial score (nSPS) is 16.1. The second-order valence-corrected chi connectivity index (χ2v) is 6.70. The first-order valence-corrected chi connectivity index (χ1v) is 9.11. The third kappa shape index (κ3) is 7.65. The molecule has 148 valence electrons. The van der Waals surface area contributed by atoms with Gasteiger partial charge in [-0.2, -0.15) is 0 Å². The minimum Gasteiger partial charge on any atom is -0.494 e. The van der Waals surface area contributed by atoms with Gasteiger partial charge in [-0.05, 0) is 62.5 Å². The van der Waals surface area contributed by atoms with Gasteiger partial charge in [0.1, 0.15) is 0 Å². The highest BCUT2D eigenvalue weighted by Gasteiger charge is 2.14. The molecule has 2 N–H and O–H groups in total. The molecular weight excluding hydrogens is 446 g/mol. The fraction of sp³-hybridized carbons (Fsp3) is 0.632. The molecule has 26 heavy (non-hydrogen) atoms. The van der Waals surface area contributed by atoms with Crippen molar-refractivity contribution in [1.29, 1.82) is 0 Å². The first kappa shape index (κ1) is 23.0. The summed E-state index contributed by atoms with van der Waals surface area (Å²) in [5.41, 5.74) is 0.851. The van der Waals surface area contributed by atoms with Crippen LogP contribution in [0.1, 0.15) is 31.7 Å². The van der Waals surface area contributed by atoms with Crippen LogP contribution in [0, 0.1) is 11.7 Å². The first-order chi connectivity index (χ1) is 12.1. The number of hydrogen-bond acceptors (Lipinski definition) is 3. The summed E-state index contributed by atoms with van der Waals surface area (Å²) in [6, 6.07) is 4.97. The van der Waals surface area contributed by atoms with Crippen molar-refractivity contribution in [2.75, 3.05) is 40.3 Å². The minimum absolute atomic E-state index is 0. The molecule has 0 bridgehead atoms. The topological polar surface area (TPSA) is 48.9 Å². The van der Waals surface area contributed by atoms with E-state index in [0.29, 0.717) is 6.54 Å². The van der Waals surface area contributed by atoms with Crippen LogP contribution in [-0.2, 0) is 6.54 Å². The number of aliphatic imine (C=N–C) groups is 1. The Balaban J connectivity index is 0.00000338. The van der Waals surface area contributed by atoms with Crippen molar-refractivity contribution in [3.63, 3.8) is 0 Å². The molecule has 0 amide bonds. The van der Waals surface area contributed by atoms with Gasteiger partial charge in [-0.1, -0.05) is 13.0 Å². The molecule has 1 aromatic rings. The van der Waals surface area contributed by atoms with Crippen LogP contribution < -0.4 is 15.4 Å². The molecule has 5 nitrogen and oxygen atoms in total. The number of likely N-dealkylation sites (tertiary alicyclic amines) is 1. The smallest absolute Gasteiger partial charge is 0.191 e. The Morgan fingerprint density at radius 2 is 2.04 bits per heavy atom. The van der Waals surface area contributed by atoms with Gasteiger partial charge in [0.15, 0.2) is 17.5 Å². The Morgan fingerprint density at radius 3 is 2.65 bits per heavy atom. The highest BCUT2D eigenvalue weighted by molar-refractivity contribution is 14.0. The van der Waals surface area contributed by atoms with Gasteiger partial charge in [-0.3, -0.25) is 4.99 Å². The second-order valence-electron chi connectivity index (χ2n) is 6.70. The van der Waals surface area contributed by atoms with Gasteiger partial charge in [0.25, 0.3) is 0 Å². The van der Waals surface area contributed by atoms with E-state index in [1.165, 1.54) is 39.1 Å². The number of halogens is 2. The van der Waals surface area contributed by atoms with Crippen molar-refractivity contribution in [2.24, 2.45) is 10.9 Å². The van der Waals surface area contributed by atoms with Crippen LogP contribution in [0.5, 0.6) is 5.75 Å². The highest BCUT2D eigenvalue weighted by Crippen LogP contribution is 2.17. The molecule has 0 unspecified atom stereocenters. The van der Waals surface area contributed by atoms with E-state index >= 15 is 0 Å². The van der Waals surface area contributed by atoms with Gasteiger partial charge >= 0.3 is 0 Å². The Hall–Kier alpha value is -1.09. The van der Waals surface area contributed by atoms with Crippen molar-refractivity contribution in [1.82, 2.24) is 15.5 Å². The number of rotatable bonds is 7. The predicted octanol–water partition coefficient (Wildman–Crippen LogP) is 3.24. The average Bonchev–Trinajstić information content (AvgIpc) is 2.62. The van der Waals surface area contributed by atoms with Crippen molar-refractivity contribution >= 4 is 29.9 Å². The zero-order valence-electron chi connectivity index (χ0n) is 16.1. The maximum absolute atomic E-state index is 13.7. The molecule has 0 atom stereocenters. The molecule has 0 aromatic heterocycles. The molecule has 1 heterocycles. The summed E-state index contributed by atoms with van der Waals surface area (Å²) in [5, 5.41) is 6.53. The minimum atomic E-state index is -0.347. The molecule has 1 fully saturated rings. The van der Waals surface area contributed by atoms with E-state index in [0.717, 1.165) is 37.0 Å². The molecule has 7 heteroatoms. The first-order valence-electron chi connectivity index (χ1n) is 9.11. The standard InChI is InChI=1S/C19H31FN4O.HI/c1-15-7-11-24(12-8-15)10-4-9-22-19(21-2)23-14-16-5-6-18(25-3)17(20)13-16;/h5-6,13,15H,4,7-12,14H2,1-3H3,(H2,21,22,23);1H. The number of benzene rings is 1. The zero-order valence-corrected chi connectivity index (χ0v) is 18.4. The number of piperidine rings is 1. The number of guanidine groups is 1. The maximum atomic E-state index is 13.7. The van der Waals surface area contributed by atoms with Gasteiger partial charge in [0.2, 0.25) is 0 Å². The van der Waals surface area contributed by atoms with Gasteiger partial charge in [0.05, 0.1) is 7.11 Å². The van der Waals surface area contributed by atoms with Crippen LogP contribution in [0.3, 0.4) is 0 Å². The number of nitrogens with one attached hydrogen (secondary N) is 2. The third-order valence-electron chi connectivity index (χ3n) is 4.72. The van der Waals surface area contributed by atoms with Gasteiger partial charge in [-0.25, -0.2) is 4.39 Å². The predicted molar refractivity (Wildman–Crippen MR) is 116 cm³/mol. The largest absolute Gasteiger partial charge is 0.494 e. The average molecular weight is 478 g/mol. The van der Waals surface area contributed by atoms with Gasteiger partial charge in [-0.15, -0.1) is 24.0 Å². The third-order valence-corrected chi connectivity index (χ3v) is 4.72. The molecular formula is C19H32FIN4O. The molecule has 1 aliphatic heterocycles. The maximum Gasteiger partial charge on any atom is 0.191 e. The molecule has 0 spiro atoms. The quantitative estimate of drug-likeness (QED) is 0.274. The number of hydrogen-bond donors (Lipinski definition) is 2. The summed E-state index contributed by atoms with van der Waals surface area (Å²) in [6.45, 7) is 7.30. The molecule has 0 saturated carbocycles. The molecule has 0 radical (unpaired) electrons. The van der Waals surface area contributed by atoms with Crippen LogP contribution in [-0.4, -0.2) is 51.2 Å². The lowest BCUT2D eigenvalue weighted by molar-refractivity contribution is 0.191. The molecule has 1 saturated heterocycles. The summed E-state index contributed by atoms with van der Waals surface area (Å²) in [5.74, 6) is 1.53. The van der Waals surface area contributed by atoms with Crippen molar-refractivity contribution in [2.45, 2.75) is 32.7 Å². The monoisotopic (exact) mass is 478 g/mol. The lowest BCUT2D eigenvalue weighted by Gasteiger charge is -2.30. The Labute approximate surface area is 173 Å². The number of ether oxygens (including phenoxy) is 1. The highest BCUT2D eigenvalue weighted by atomic mass is 127. The van der Waals surface area contributed by atoms with E-state index in [2.05, 4.69) is 27.4 Å². The summed E-state index contributed by atoms with van der Waals surface area (Å²) in [7, 11) is 3.21. The SMILES string of the molecule is CN=C(NCCCN1CCC(C)CC1)NCc1ccc(OC)c(F)c1.I. The Morgan fingerprint density at radius 1 is 1.31 bits per heavy atom. The lowest BCUT2D eigenvalue weighted by Crippen LogP contribution is -2.39. The fourth-order valence-corrected chi connectivity index (χ4v) is 3.02. The van der Waals surface area contributed by atoms with Crippen molar-refractivity contribution in [3.8, 4) is 5.75 Å². The summed E-state index contributed by atoms with van der Waals surface area (Å²) in [4.78, 5) is 6.76. The second kappa shape index (κ2) is 12.3. The van der Waals surface area contributed by atoms with E-state index in [9.17, 15) is 4.39 Å². The fourth-order valence-electron chi connectivity index (χ4n) is 3.02. The molecule has 2 rings (SSSR count). The van der Waals surface area contributed by atoms with Crippen molar-refractivity contribution < 1.29 is 9.13 Å². The van der Waals surface area contributed by atoms with E-state index in [4.69, 9.17) is 4.74 Å². The summed E-state index contributed by atoms with van der Waals surface area (Å²) in [6.07, 6.45) is 3.72. The van der Waals surface area contributed by atoms with Gasteiger partial charge in [0, 0.05) is 20.1 Å².